The van der Waals surface area contributed by atoms with Crippen LogP contribution in [0.15, 0.2) is 88.4 Å². The molecule has 162 valence electrons. The highest BCUT2D eigenvalue weighted by molar-refractivity contribution is 7.90. The Kier molecular flexibility index (Phi) is 6.13. The van der Waals surface area contributed by atoms with Crippen LogP contribution in [0, 0.1) is 6.92 Å². The van der Waals surface area contributed by atoms with Crippen molar-refractivity contribution in [3.05, 3.63) is 102 Å². The second-order valence-corrected chi connectivity index (χ2v) is 9.20. The molecule has 0 aliphatic heterocycles. The number of nitrogens with zero attached hydrogens (tertiary/aromatic N) is 2. The zero-order valence-electron chi connectivity index (χ0n) is 17.4. The Morgan fingerprint density at radius 3 is 2.44 bits per heavy atom. The predicted octanol–water partition coefficient (Wildman–Crippen LogP) is 3.95. The maximum Gasteiger partial charge on any atom is 0.251 e. The quantitative estimate of drug-likeness (QED) is 0.460. The van der Waals surface area contributed by atoms with Crippen molar-refractivity contribution in [3.63, 3.8) is 0 Å². The van der Waals surface area contributed by atoms with E-state index in [-0.39, 0.29) is 16.6 Å². The first-order valence-corrected chi connectivity index (χ1v) is 11.6. The molecular weight excluding hydrogens is 426 g/mol. The summed E-state index contributed by atoms with van der Waals surface area (Å²) in [5.74, 6) is 0.292. The monoisotopic (exact) mass is 447 g/mol. The van der Waals surface area contributed by atoms with Crippen LogP contribution < -0.4 is 5.32 Å². The number of hydrogen-bond acceptors (Lipinski definition) is 6. The summed E-state index contributed by atoms with van der Waals surface area (Å²) in [6, 6.07) is 18.7. The van der Waals surface area contributed by atoms with E-state index in [0.29, 0.717) is 35.0 Å². The molecule has 8 heteroatoms. The van der Waals surface area contributed by atoms with Crippen LogP contribution in [0.25, 0.3) is 11.5 Å². The largest absolute Gasteiger partial charge is 0.441 e. The lowest BCUT2D eigenvalue weighted by molar-refractivity contribution is 0.0951. The molecule has 2 heterocycles. The van der Waals surface area contributed by atoms with Gasteiger partial charge in [-0.15, -0.1) is 0 Å². The molecule has 2 aromatic carbocycles. The first kappa shape index (κ1) is 21.5. The molecule has 7 nitrogen and oxygen atoms in total. The fourth-order valence-electron chi connectivity index (χ4n) is 3.13. The van der Waals surface area contributed by atoms with Crippen molar-refractivity contribution < 1.29 is 17.6 Å². The Hall–Kier alpha value is -3.78. The summed E-state index contributed by atoms with van der Waals surface area (Å²) in [6.45, 7) is 2.07. The van der Waals surface area contributed by atoms with Crippen LogP contribution in [-0.4, -0.2) is 24.3 Å². The molecule has 0 unspecified atom stereocenters. The number of aryl methyl sites for hydroxylation is 1. The second-order valence-electron chi connectivity index (χ2n) is 7.22. The van der Waals surface area contributed by atoms with Gasteiger partial charge in [0.05, 0.1) is 10.6 Å². The number of oxazole rings is 1. The molecule has 0 aliphatic carbocycles. The van der Waals surface area contributed by atoms with Crippen molar-refractivity contribution in [2.24, 2.45) is 0 Å². The number of rotatable bonds is 7. The van der Waals surface area contributed by atoms with Gasteiger partial charge in [-0.1, -0.05) is 24.3 Å². The molecule has 0 spiro atoms. The van der Waals surface area contributed by atoms with Gasteiger partial charge < -0.3 is 9.73 Å². The number of amides is 1. The maximum atomic E-state index is 12.7. The summed E-state index contributed by atoms with van der Waals surface area (Å²) in [4.78, 5) is 21.0. The fourth-order valence-corrected chi connectivity index (χ4v) is 4.49. The van der Waals surface area contributed by atoms with Crippen LogP contribution in [0.4, 0.5) is 0 Å². The zero-order chi connectivity index (χ0) is 22.6. The number of nitrogens with one attached hydrogen (secondary N) is 1. The van der Waals surface area contributed by atoms with Crippen molar-refractivity contribution in [1.29, 1.82) is 0 Å². The van der Waals surface area contributed by atoms with Crippen LogP contribution in [-0.2, 0) is 22.1 Å². The van der Waals surface area contributed by atoms with Crippen LogP contribution in [0.5, 0.6) is 0 Å². The summed E-state index contributed by atoms with van der Waals surface area (Å²) >= 11 is 0. The van der Waals surface area contributed by atoms with Gasteiger partial charge in [0, 0.05) is 30.1 Å². The lowest BCUT2D eigenvalue weighted by Gasteiger charge is -2.05. The van der Waals surface area contributed by atoms with Crippen molar-refractivity contribution in [2.45, 2.75) is 24.1 Å². The molecule has 32 heavy (non-hydrogen) atoms. The average molecular weight is 448 g/mol. The molecule has 0 atom stereocenters. The van der Waals surface area contributed by atoms with Crippen molar-refractivity contribution in [2.75, 3.05) is 0 Å². The third-order valence-corrected chi connectivity index (χ3v) is 6.54. The van der Waals surface area contributed by atoms with E-state index in [2.05, 4.69) is 15.3 Å². The van der Waals surface area contributed by atoms with Gasteiger partial charge in [-0.2, -0.15) is 0 Å². The fraction of sp³-hybridized carbons (Fsp3) is 0.125. The second kappa shape index (κ2) is 9.15. The van der Waals surface area contributed by atoms with E-state index in [1.165, 1.54) is 0 Å². The zero-order valence-corrected chi connectivity index (χ0v) is 18.2. The van der Waals surface area contributed by atoms with Crippen molar-refractivity contribution in [1.82, 2.24) is 15.3 Å². The van der Waals surface area contributed by atoms with E-state index >= 15 is 0 Å². The minimum Gasteiger partial charge on any atom is -0.441 e. The normalized spacial score (nSPS) is 11.3. The molecule has 1 N–H and O–H groups in total. The summed E-state index contributed by atoms with van der Waals surface area (Å²) in [7, 11) is -3.53. The van der Waals surface area contributed by atoms with Gasteiger partial charge in [-0.25, -0.2) is 13.4 Å². The van der Waals surface area contributed by atoms with Crippen LogP contribution in [0.3, 0.4) is 0 Å². The van der Waals surface area contributed by atoms with Crippen LogP contribution in [0.2, 0.25) is 0 Å². The Labute approximate surface area is 186 Å². The summed E-state index contributed by atoms with van der Waals surface area (Å²) in [6.07, 6.45) is 3.38. The lowest BCUT2D eigenvalue weighted by Crippen LogP contribution is -2.22. The maximum absolute atomic E-state index is 12.7. The highest BCUT2D eigenvalue weighted by Gasteiger charge is 2.21. The molecule has 0 fully saturated rings. The molecule has 0 bridgehead atoms. The molecule has 0 radical (unpaired) electrons. The summed E-state index contributed by atoms with van der Waals surface area (Å²) < 4.78 is 31.0. The predicted molar refractivity (Wildman–Crippen MR) is 119 cm³/mol. The SMILES string of the molecule is Cc1oc(-c2ccc(C(=O)NCc3cccnc3)cc2)nc1CS(=O)(=O)c1ccccc1. The van der Waals surface area contributed by atoms with Gasteiger partial charge in [-0.05, 0) is 55.0 Å². The lowest BCUT2D eigenvalue weighted by atomic mass is 10.1. The standard InChI is InChI=1S/C24H21N3O4S/c1-17-22(16-32(29,30)21-7-3-2-4-8-21)27-24(31-17)20-11-9-19(10-12-20)23(28)26-15-18-6-5-13-25-14-18/h2-14H,15-16H2,1H3,(H,26,28). The average Bonchev–Trinajstić information content (AvgIpc) is 3.18. The van der Waals surface area contributed by atoms with Crippen LogP contribution >= 0.6 is 0 Å². The number of carbonyl (C=O) groups excluding carboxylic acids is 1. The van der Waals surface area contributed by atoms with Gasteiger partial charge in [0.1, 0.15) is 11.5 Å². The Balaban J connectivity index is 1.46. The first-order valence-electron chi connectivity index (χ1n) is 9.94. The molecule has 0 saturated heterocycles. The highest BCUT2D eigenvalue weighted by atomic mass is 32.2. The van der Waals surface area contributed by atoms with Gasteiger partial charge in [0.2, 0.25) is 5.89 Å². The first-order chi connectivity index (χ1) is 15.4. The Morgan fingerprint density at radius 1 is 1.00 bits per heavy atom. The molecule has 4 rings (SSSR count). The molecule has 1 amide bonds. The van der Waals surface area contributed by atoms with E-state index in [1.807, 2.05) is 12.1 Å². The van der Waals surface area contributed by atoms with Gasteiger partial charge in [-0.3, -0.25) is 9.78 Å². The third-order valence-electron chi connectivity index (χ3n) is 4.89. The van der Waals surface area contributed by atoms with E-state index in [0.717, 1.165) is 5.56 Å². The Bertz CT molecular complexity index is 1320. The molecule has 0 aliphatic rings. The smallest absolute Gasteiger partial charge is 0.251 e. The summed E-state index contributed by atoms with van der Waals surface area (Å²) in [5.41, 5.74) is 2.42. The number of hydrogen-bond donors (Lipinski definition) is 1. The molecule has 4 aromatic rings. The number of sulfone groups is 1. The minimum atomic E-state index is -3.53. The van der Waals surface area contributed by atoms with E-state index in [9.17, 15) is 13.2 Å². The van der Waals surface area contributed by atoms with Crippen molar-refractivity contribution in [3.8, 4) is 11.5 Å². The topological polar surface area (TPSA) is 102 Å². The van der Waals surface area contributed by atoms with Gasteiger partial charge >= 0.3 is 0 Å². The molecule has 0 saturated carbocycles. The number of aromatic nitrogens is 2. The van der Waals surface area contributed by atoms with Gasteiger partial charge in [0.15, 0.2) is 9.84 Å². The summed E-state index contributed by atoms with van der Waals surface area (Å²) in [5, 5.41) is 2.84. The number of carbonyl (C=O) groups is 1. The third kappa shape index (κ3) is 4.92. The highest BCUT2D eigenvalue weighted by Crippen LogP contribution is 2.25. The van der Waals surface area contributed by atoms with Crippen molar-refractivity contribution >= 4 is 15.7 Å². The number of pyridine rings is 1. The van der Waals surface area contributed by atoms with E-state index in [1.54, 1.807) is 73.9 Å². The molecular formula is C24H21N3O4S. The van der Waals surface area contributed by atoms with E-state index in [4.69, 9.17) is 4.42 Å². The number of benzene rings is 2. The Morgan fingerprint density at radius 2 is 1.75 bits per heavy atom. The van der Waals surface area contributed by atoms with E-state index < -0.39 is 9.84 Å². The molecule has 2 aromatic heterocycles. The van der Waals surface area contributed by atoms with Gasteiger partial charge in [0.25, 0.3) is 5.91 Å². The minimum absolute atomic E-state index is 0.210. The van der Waals surface area contributed by atoms with Crippen LogP contribution in [0.1, 0.15) is 27.4 Å².